The molecule has 0 unspecified atom stereocenters. The molecule has 0 bridgehead atoms. The molecule has 0 aliphatic carbocycles. The van der Waals surface area contributed by atoms with Gasteiger partial charge < -0.3 is 10.1 Å². The Morgan fingerprint density at radius 2 is 1.50 bits per heavy atom. The summed E-state index contributed by atoms with van der Waals surface area (Å²) < 4.78 is 5.76. The zero-order chi connectivity index (χ0) is 24.1. The van der Waals surface area contributed by atoms with Crippen molar-refractivity contribution in [3.05, 3.63) is 108 Å². The normalized spacial score (nSPS) is 13.8. The largest absolute Gasteiger partial charge is 0.378 e. The quantitative estimate of drug-likeness (QED) is 0.259. The third-order valence-corrected chi connectivity index (χ3v) is 6.21. The summed E-state index contributed by atoms with van der Waals surface area (Å²) in [6.07, 6.45) is 6.70. The number of nitrogens with zero attached hydrogens (tertiary/aromatic N) is 3. The van der Waals surface area contributed by atoms with Gasteiger partial charge in [-0.1, -0.05) is 66.7 Å². The summed E-state index contributed by atoms with van der Waals surface area (Å²) in [5.41, 5.74) is 3.58. The lowest BCUT2D eigenvalue weighted by Gasteiger charge is -2.39. The van der Waals surface area contributed by atoms with Crippen LogP contribution < -0.4 is 5.32 Å². The summed E-state index contributed by atoms with van der Waals surface area (Å²) in [6, 6.07) is 25.6. The van der Waals surface area contributed by atoms with Gasteiger partial charge in [0.15, 0.2) is 0 Å². The molecule has 0 radical (unpaired) electrons. The van der Waals surface area contributed by atoms with Crippen molar-refractivity contribution in [3.63, 3.8) is 0 Å². The first-order valence-electron chi connectivity index (χ1n) is 12.3. The van der Waals surface area contributed by atoms with E-state index in [1.54, 1.807) is 18.5 Å². The fraction of sp³-hybridized carbons (Fsp3) is 0.310. The number of ether oxygens (including phenoxy) is 1. The molecule has 206 valence electrons. The number of rotatable bonds is 11. The highest BCUT2D eigenvalue weighted by molar-refractivity contribution is 5.91. The van der Waals surface area contributed by atoms with Crippen LogP contribution in [0.15, 0.2) is 91.3 Å². The van der Waals surface area contributed by atoms with Crippen LogP contribution in [0.3, 0.4) is 0 Å². The van der Waals surface area contributed by atoms with E-state index in [-0.39, 0.29) is 49.2 Å². The summed E-state index contributed by atoms with van der Waals surface area (Å²) in [4.78, 5) is 21.0. The topological polar surface area (TPSA) is 57.7 Å². The zero-order valence-electron chi connectivity index (χ0n) is 21.4. The van der Waals surface area contributed by atoms with Crippen LogP contribution in [0.2, 0.25) is 0 Å². The number of benzene rings is 2. The molecule has 0 saturated carbocycles. The summed E-state index contributed by atoms with van der Waals surface area (Å²) in [5, 5.41) is 2.85. The van der Waals surface area contributed by atoms with E-state index in [9.17, 15) is 4.79 Å². The molecule has 9 heteroatoms. The van der Waals surface area contributed by atoms with E-state index in [4.69, 9.17) is 4.74 Å². The average Bonchev–Trinajstić information content (AvgIpc) is 2.92. The van der Waals surface area contributed by atoms with Crippen LogP contribution >= 0.6 is 37.2 Å². The van der Waals surface area contributed by atoms with E-state index in [0.29, 0.717) is 19.8 Å². The lowest BCUT2D eigenvalue weighted by molar-refractivity contribution is -0.116. The van der Waals surface area contributed by atoms with Crippen LogP contribution in [0, 0.1) is 0 Å². The predicted octanol–water partition coefficient (Wildman–Crippen LogP) is 4.90. The minimum atomic E-state index is -0.125. The fourth-order valence-electron chi connectivity index (χ4n) is 4.38. The maximum Gasteiger partial charge on any atom is 0.244 e. The van der Waals surface area contributed by atoms with Gasteiger partial charge in [0, 0.05) is 57.7 Å². The molecule has 0 atom stereocenters. The number of piperazine rings is 1. The molecule has 0 spiro atoms. The number of aromatic nitrogens is 1. The van der Waals surface area contributed by atoms with E-state index >= 15 is 0 Å². The Morgan fingerprint density at radius 1 is 0.868 bits per heavy atom. The molecular formula is C29H37Cl3N4O2. The van der Waals surface area contributed by atoms with Crippen molar-refractivity contribution in [1.82, 2.24) is 20.1 Å². The van der Waals surface area contributed by atoms with Gasteiger partial charge in [0.1, 0.15) is 0 Å². The number of nitrogens with one attached hydrogen (secondary N) is 1. The van der Waals surface area contributed by atoms with Crippen molar-refractivity contribution in [3.8, 4) is 0 Å². The summed E-state index contributed by atoms with van der Waals surface area (Å²) >= 11 is 0. The van der Waals surface area contributed by atoms with Crippen molar-refractivity contribution in [1.29, 1.82) is 0 Å². The number of halogens is 3. The van der Waals surface area contributed by atoms with Crippen molar-refractivity contribution < 1.29 is 9.53 Å². The van der Waals surface area contributed by atoms with Crippen LogP contribution in [0.4, 0.5) is 0 Å². The number of hydrogen-bond donors (Lipinski definition) is 1. The minimum Gasteiger partial charge on any atom is -0.378 e. The molecule has 3 aromatic rings. The van der Waals surface area contributed by atoms with E-state index in [1.165, 1.54) is 17.2 Å². The van der Waals surface area contributed by atoms with Crippen molar-refractivity contribution >= 4 is 49.2 Å². The van der Waals surface area contributed by atoms with Gasteiger partial charge in [0.25, 0.3) is 0 Å². The highest BCUT2D eigenvalue weighted by Crippen LogP contribution is 2.29. The third kappa shape index (κ3) is 10.7. The summed E-state index contributed by atoms with van der Waals surface area (Å²) in [7, 11) is 0. The molecule has 1 amide bonds. The van der Waals surface area contributed by atoms with Crippen LogP contribution in [-0.2, 0) is 9.53 Å². The van der Waals surface area contributed by atoms with Crippen LogP contribution in [-0.4, -0.2) is 73.2 Å². The van der Waals surface area contributed by atoms with Gasteiger partial charge >= 0.3 is 0 Å². The number of hydrogen-bond acceptors (Lipinski definition) is 5. The number of amides is 1. The zero-order valence-corrected chi connectivity index (χ0v) is 23.8. The standard InChI is InChI=1S/C29H34N4O2.3ClH/c34-28(14-13-25-8-7-15-30-24-25)31-16-22-35-23-21-32-17-19-33(20-18-32)29(26-9-3-1-4-10-26)27-11-5-2-6-12-27;;;/h1-15,24,29H,16-23H2,(H,31,34);3*1H. The van der Waals surface area contributed by atoms with Crippen molar-refractivity contribution in [2.75, 3.05) is 52.5 Å². The molecule has 4 rings (SSSR count). The predicted molar refractivity (Wildman–Crippen MR) is 162 cm³/mol. The van der Waals surface area contributed by atoms with Gasteiger partial charge in [0.05, 0.1) is 19.3 Å². The Morgan fingerprint density at radius 3 is 2.08 bits per heavy atom. The highest BCUT2D eigenvalue weighted by Gasteiger charge is 2.26. The average molecular weight is 580 g/mol. The Labute approximate surface area is 244 Å². The third-order valence-electron chi connectivity index (χ3n) is 6.21. The molecule has 6 nitrogen and oxygen atoms in total. The molecule has 2 aromatic carbocycles. The maximum atomic E-state index is 11.9. The van der Waals surface area contributed by atoms with Gasteiger partial charge in [-0.05, 0) is 28.8 Å². The lowest BCUT2D eigenvalue weighted by atomic mass is 9.96. The second-order valence-electron chi connectivity index (χ2n) is 8.62. The van der Waals surface area contributed by atoms with E-state index in [0.717, 1.165) is 38.3 Å². The van der Waals surface area contributed by atoms with Crippen LogP contribution in [0.5, 0.6) is 0 Å². The number of carbonyl (C=O) groups excluding carboxylic acids is 1. The Hall–Kier alpha value is -2.45. The second-order valence-corrected chi connectivity index (χ2v) is 8.62. The van der Waals surface area contributed by atoms with Crippen LogP contribution in [0.25, 0.3) is 6.08 Å². The monoisotopic (exact) mass is 578 g/mol. The first-order valence-corrected chi connectivity index (χ1v) is 12.3. The van der Waals surface area contributed by atoms with Gasteiger partial charge in [-0.25, -0.2) is 0 Å². The van der Waals surface area contributed by atoms with Gasteiger partial charge in [-0.2, -0.15) is 0 Å². The molecule has 38 heavy (non-hydrogen) atoms. The molecule has 1 aliphatic heterocycles. The minimum absolute atomic E-state index is 0. The van der Waals surface area contributed by atoms with Gasteiger partial charge in [-0.15, -0.1) is 37.2 Å². The molecule has 1 fully saturated rings. The SMILES string of the molecule is Cl.Cl.Cl.O=C(C=Cc1cccnc1)NCCOCCN1CCN(C(c2ccccc2)c2ccccc2)CC1. The lowest BCUT2D eigenvalue weighted by Crippen LogP contribution is -2.48. The number of carbonyl (C=O) groups is 1. The molecule has 1 aliphatic rings. The molecule has 1 aromatic heterocycles. The Kier molecular flexibility index (Phi) is 16.6. The maximum absolute atomic E-state index is 11.9. The smallest absolute Gasteiger partial charge is 0.244 e. The summed E-state index contributed by atoms with van der Waals surface area (Å²) in [5.74, 6) is -0.125. The van der Waals surface area contributed by atoms with Crippen molar-refractivity contribution in [2.24, 2.45) is 0 Å². The Balaban J connectivity index is 0.00000241. The van der Waals surface area contributed by atoms with E-state index in [2.05, 4.69) is 80.8 Å². The van der Waals surface area contributed by atoms with Crippen molar-refractivity contribution in [2.45, 2.75) is 6.04 Å². The van der Waals surface area contributed by atoms with E-state index < -0.39 is 0 Å². The van der Waals surface area contributed by atoms with Gasteiger partial charge in [0.2, 0.25) is 5.91 Å². The van der Waals surface area contributed by atoms with Crippen LogP contribution in [0.1, 0.15) is 22.7 Å². The molecular weight excluding hydrogens is 543 g/mol. The fourth-order valence-corrected chi connectivity index (χ4v) is 4.38. The van der Waals surface area contributed by atoms with E-state index in [1.807, 2.05) is 12.1 Å². The molecule has 2 heterocycles. The molecule has 1 saturated heterocycles. The first-order chi connectivity index (χ1) is 17.3. The Bertz CT molecular complexity index is 1010. The molecule has 1 N–H and O–H groups in total. The van der Waals surface area contributed by atoms with Gasteiger partial charge in [-0.3, -0.25) is 19.6 Å². The summed E-state index contributed by atoms with van der Waals surface area (Å²) in [6.45, 7) is 6.68. The highest BCUT2D eigenvalue weighted by atomic mass is 35.5. The number of pyridine rings is 1. The first kappa shape index (κ1) is 33.6. The second kappa shape index (κ2) is 18.7.